The van der Waals surface area contributed by atoms with Crippen LogP contribution < -0.4 is 5.73 Å². The third kappa shape index (κ3) is 3.63. The van der Waals surface area contributed by atoms with Gasteiger partial charge in [-0.2, -0.15) is 0 Å². The van der Waals surface area contributed by atoms with Gasteiger partial charge in [-0.25, -0.2) is 9.18 Å². The summed E-state index contributed by atoms with van der Waals surface area (Å²) in [6, 6.07) is 14.5. The van der Waals surface area contributed by atoms with Crippen LogP contribution in [0.25, 0.3) is 27.7 Å². The molecule has 0 spiro atoms. The van der Waals surface area contributed by atoms with E-state index in [1.165, 1.54) is 24.4 Å². The first-order valence-corrected chi connectivity index (χ1v) is 10.4. The van der Waals surface area contributed by atoms with E-state index in [0.29, 0.717) is 21.8 Å². The van der Waals surface area contributed by atoms with E-state index in [-0.39, 0.29) is 17.3 Å². The van der Waals surface area contributed by atoms with Crippen LogP contribution in [-0.2, 0) is 0 Å². The van der Waals surface area contributed by atoms with E-state index in [9.17, 15) is 14.3 Å². The largest absolute Gasteiger partial charge is 0.478 e. The fraction of sp³-hybridized carbons (Fsp3) is 0.120. The number of nitrogen functional groups attached to an aromatic ring is 1. The zero-order valence-corrected chi connectivity index (χ0v) is 18.2. The highest BCUT2D eigenvalue weighted by molar-refractivity contribution is 6.31. The molecule has 1 heterocycles. The number of fused-ring (bicyclic) bond motifs is 1. The van der Waals surface area contributed by atoms with Gasteiger partial charge in [-0.3, -0.25) is 0 Å². The lowest BCUT2D eigenvalue weighted by Gasteiger charge is -2.16. The van der Waals surface area contributed by atoms with Gasteiger partial charge >= 0.3 is 5.97 Å². The van der Waals surface area contributed by atoms with Crippen LogP contribution in [0, 0.1) is 11.2 Å². The average Bonchev–Trinajstić information content (AvgIpc) is 3.07. The Morgan fingerprint density at radius 3 is 2.44 bits per heavy atom. The first kappa shape index (κ1) is 21.6. The molecule has 0 unspecified atom stereocenters. The second-order valence-corrected chi connectivity index (χ2v) is 8.34. The molecule has 0 bridgehead atoms. The predicted octanol–water partition coefficient (Wildman–Crippen LogP) is 6.49. The molecule has 0 atom stereocenters. The Kier molecular flexibility index (Phi) is 5.48. The topological polar surface area (TPSA) is 92.1 Å². The van der Waals surface area contributed by atoms with Crippen LogP contribution in [0.1, 0.15) is 41.4 Å². The maximum atomic E-state index is 13.7. The number of carboxylic acid groups (broad SMARTS) is 1. The number of anilines is 1. The molecule has 0 aliphatic carbocycles. The van der Waals surface area contributed by atoms with Gasteiger partial charge in [0.2, 0.25) is 0 Å². The first-order valence-electron chi connectivity index (χ1n) is 9.99. The minimum absolute atomic E-state index is 0.0133. The molecule has 162 valence electrons. The Balaban J connectivity index is 2.19. The number of nitrogens with two attached hydrogens (primary N) is 1. The zero-order chi connectivity index (χ0) is 23.2. The van der Waals surface area contributed by atoms with Crippen LogP contribution in [0.3, 0.4) is 0 Å². The van der Waals surface area contributed by atoms with Crippen LogP contribution in [0.15, 0.2) is 54.6 Å². The van der Waals surface area contributed by atoms with Gasteiger partial charge in [0.05, 0.1) is 11.1 Å². The average molecular weight is 450 g/mol. The summed E-state index contributed by atoms with van der Waals surface area (Å²) in [5.74, 6) is -1.41. The normalized spacial score (nSPS) is 11.3. The van der Waals surface area contributed by atoms with Gasteiger partial charge in [0, 0.05) is 44.8 Å². The number of carboxylic acids is 1. The van der Waals surface area contributed by atoms with Gasteiger partial charge in [-0.05, 0) is 66.1 Å². The van der Waals surface area contributed by atoms with E-state index in [1.807, 2.05) is 24.5 Å². The smallest absolute Gasteiger partial charge is 0.335 e. The van der Waals surface area contributed by atoms with E-state index in [4.69, 9.17) is 22.7 Å². The summed E-state index contributed by atoms with van der Waals surface area (Å²) in [5, 5.41) is 18.4. The van der Waals surface area contributed by atoms with Crippen LogP contribution in [-0.4, -0.2) is 21.9 Å². The number of aromatic carboxylic acids is 1. The Labute approximate surface area is 189 Å². The van der Waals surface area contributed by atoms with Crippen molar-refractivity contribution in [2.24, 2.45) is 0 Å². The van der Waals surface area contributed by atoms with Gasteiger partial charge in [-0.15, -0.1) is 0 Å². The van der Waals surface area contributed by atoms with Crippen molar-refractivity contribution >= 4 is 40.4 Å². The molecule has 0 aliphatic rings. The summed E-state index contributed by atoms with van der Waals surface area (Å²) in [4.78, 5) is 11.7. The van der Waals surface area contributed by atoms with Crippen LogP contribution in [0.2, 0.25) is 5.02 Å². The number of nitrogens with one attached hydrogen (secondary N) is 1. The molecule has 1 aromatic heterocycles. The van der Waals surface area contributed by atoms with Crippen molar-refractivity contribution in [1.82, 2.24) is 4.57 Å². The van der Waals surface area contributed by atoms with Gasteiger partial charge in [0.15, 0.2) is 0 Å². The molecule has 0 radical (unpaired) electrons. The molecule has 0 saturated heterocycles. The van der Waals surface area contributed by atoms with E-state index in [1.54, 1.807) is 30.3 Å². The van der Waals surface area contributed by atoms with Crippen LogP contribution >= 0.6 is 11.6 Å². The lowest BCUT2D eigenvalue weighted by atomic mass is 9.95. The van der Waals surface area contributed by atoms with Crippen molar-refractivity contribution in [3.63, 3.8) is 0 Å². The first-order chi connectivity index (χ1) is 15.2. The van der Waals surface area contributed by atoms with Crippen molar-refractivity contribution in [3.05, 3.63) is 82.3 Å². The van der Waals surface area contributed by atoms with Gasteiger partial charge in [0.25, 0.3) is 0 Å². The number of carbonyl (C=O) groups is 1. The van der Waals surface area contributed by atoms with Crippen LogP contribution in [0.4, 0.5) is 10.1 Å². The molecule has 5 nitrogen and oxygen atoms in total. The Hall–Kier alpha value is -3.64. The van der Waals surface area contributed by atoms with Crippen molar-refractivity contribution in [1.29, 1.82) is 5.41 Å². The molecular formula is C25H21ClFN3O2. The summed E-state index contributed by atoms with van der Waals surface area (Å²) in [5.41, 5.74) is 11.1. The van der Waals surface area contributed by atoms with E-state index in [2.05, 4.69) is 0 Å². The standard InChI is InChI=1S/C25H21ClFN3O2/c1-13(2)24-23(14-7-15(25(31)32)9-17(26)8-14)20-11-21(29)16(12-28)10-22(20)30(24)19-5-3-18(27)4-6-19/h3-13,28H,29H2,1-2H3,(H,31,32). The van der Waals surface area contributed by atoms with Crippen molar-refractivity contribution in [2.45, 2.75) is 19.8 Å². The number of aromatic nitrogens is 1. The molecule has 4 N–H and O–H groups in total. The molecule has 4 aromatic rings. The Morgan fingerprint density at radius 1 is 1.16 bits per heavy atom. The van der Waals surface area contributed by atoms with E-state index < -0.39 is 5.97 Å². The molecule has 0 saturated carbocycles. The zero-order valence-electron chi connectivity index (χ0n) is 17.5. The minimum Gasteiger partial charge on any atom is -0.478 e. The lowest BCUT2D eigenvalue weighted by molar-refractivity contribution is 0.0697. The maximum absolute atomic E-state index is 13.7. The fourth-order valence-electron chi connectivity index (χ4n) is 4.09. The molecule has 32 heavy (non-hydrogen) atoms. The second kappa shape index (κ2) is 8.13. The highest BCUT2D eigenvalue weighted by atomic mass is 35.5. The van der Waals surface area contributed by atoms with Crippen molar-refractivity contribution < 1.29 is 14.3 Å². The molecule has 0 amide bonds. The monoisotopic (exact) mass is 449 g/mol. The Bertz CT molecular complexity index is 1370. The number of nitrogens with zero attached hydrogens (tertiary/aromatic N) is 1. The van der Waals surface area contributed by atoms with Gasteiger partial charge < -0.3 is 20.8 Å². The maximum Gasteiger partial charge on any atom is 0.335 e. The highest BCUT2D eigenvalue weighted by Crippen LogP contribution is 2.42. The van der Waals surface area contributed by atoms with Crippen molar-refractivity contribution in [3.8, 4) is 16.8 Å². The molecule has 3 aromatic carbocycles. The number of hydrogen-bond donors (Lipinski definition) is 3. The molecular weight excluding hydrogens is 429 g/mol. The predicted molar refractivity (Wildman–Crippen MR) is 127 cm³/mol. The SMILES string of the molecule is CC(C)c1c(-c2cc(Cl)cc(C(=O)O)c2)c2cc(N)c(C=N)cc2n1-c1ccc(F)cc1. The molecule has 7 heteroatoms. The number of halogens is 2. The summed E-state index contributed by atoms with van der Waals surface area (Å²) in [6.07, 6.45) is 1.19. The summed E-state index contributed by atoms with van der Waals surface area (Å²) in [6.45, 7) is 4.06. The molecule has 0 fully saturated rings. The summed E-state index contributed by atoms with van der Waals surface area (Å²) in [7, 11) is 0. The number of hydrogen-bond acceptors (Lipinski definition) is 3. The third-order valence-electron chi connectivity index (χ3n) is 5.43. The van der Waals surface area contributed by atoms with Crippen LogP contribution in [0.5, 0.6) is 0 Å². The minimum atomic E-state index is -1.08. The highest BCUT2D eigenvalue weighted by Gasteiger charge is 2.24. The third-order valence-corrected chi connectivity index (χ3v) is 5.65. The number of rotatable bonds is 5. The Morgan fingerprint density at radius 2 is 1.84 bits per heavy atom. The van der Waals surface area contributed by atoms with E-state index in [0.717, 1.165) is 27.8 Å². The summed E-state index contributed by atoms with van der Waals surface area (Å²) >= 11 is 6.28. The second-order valence-electron chi connectivity index (χ2n) is 7.90. The van der Waals surface area contributed by atoms with Gasteiger partial charge in [0.1, 0.15) is 5.82 Å². The van der Waals surface area contributed by atoms with Gasteiger partial charge in [-0.1, -0.05) is 25.4 Å². The lowest BCUT2D eigenvalue weighted by Crippen LogP contribution is -2.04. The van der Waals surface area contributed by atoms with Crippen molar-refractivity contribution in [2.75, 3.05) is 5.73 Å². The van der Waals surface area contributed by atoms with E-state index >= 15 is 0 Å². The fourth-order valence-corrected chi connectivity index (χ4v) is 4.32. The molecule has 4 rings (SSSR count). The molecule has 0 aliphatic heterocycles. The quantitative estimate of drug-likeness (QED) is 0.240. The summed E-state index contributed by atoms with van der Waals surface area (Å²) < 4.78 is 15.7. The number of benzene rings is 3.